The van der Waals surface area contributed by atoms with Crippen molar-refractivity contribution in [3.8, 4) is 11.5 Å². The molecule has 1 aliphatic heterocycles. The Kier molecular flexibility index (Phi) is 4.54. The standard InChI is InChI=1S/C19H17ClFNO3/c1-10-7-15(23)12(9-22(2)3)19-17(10)18(24)16(25-19)8-11-13(20)5-4-6-14(11)21/h4-8,23H,9H2,1-3H3/b16-8-. The Hall–Kier alpha value is -2.37. The number of aromatic hydroxyl groups is 1. The number of aryl methyl sites for hydroxylation is 1. The Morgan fingerprint density at radius 1 is 1.36 bits per heavy atom. The quantitative estimate of drug-likeness (QED) is 0.833. The molecule has 0 saturated heterocycles. The summed E-state index contributed by atoms with van der Waals surface area (Å²) in [7, 11) is 3.69. The molecule has 1 heterocycles. The van der Waals surface area contributed by atoms with Crippen LogP contribution < -0.4 is 4.74 Å². The van der Waals surface area contributed by atoms with Crippen molar-refractivity contribution in [3.63, 3.8) is 0 Å². The Labute approximate surface area is 150 Å². The molecule has 1 N–H and O–H groups in total. The number of rotatable bonds is 3. The van der Waals surface area contributed by atoms with E-state index in [0.717, 1.165) is 0 Å². The van der Waals surface area contributed by atoms with Gasteiger partial charge in [-0.25, -0.2) is 4.39 Å². The van der Waals surface area contributed by atoms with E-state index in [1.807, 2.05) is 19.0 Å². The Balaban J connectivity index is 2.12. The normalized spacial score (nSPS) is 15.0. The smallest absolute Gasteiger partial charge is 0.232 e. The molecule has 1 aliphatic rings. The fraction of sp³-hybridized carbons (Fsp3) is 0.211. The van der Waals surface area contributed by atoms with E-state index in [1.165, 1.54) is 30.3 Å². The summed E-state index contributed by atoms with van der Waals surface area (Å²) in [4.78, 5) is 14.6. The lowest BCUT2D eigenvalue weighted by Gasteiger charge is -2.15. The van der Waals surface area contributed by atoms with Crippen LogP contribution in [-0.2, 0) is 6.54 Å². The van der Waals surface area contributed by atoms with Crippen LogP contribution in [0.5, 0.6) is 11.5 Å². The molecule has 130 valence electrons. The highest BCUT2D eigenvalue weighted by Crippen LogP contribution is 2.42. The van der Waals surface area contributed by atoms with Gasteiger partial charge in [0.1, 0.15) is 17.3 Å². The molecule has 0 amide bonds. The summed E-state index contributed by atoms with van der Waals surface area (Å²) in [6.45, 7) is 2.12. The second-order valence-electron chi connectivity index (χ2n) is 6.21. The molecular weight excluding hydrogens is 345 g/mol. The van der Waals surface area contributed by atoms with E-state index in [4.69, 9.17) is 16.3 Å². The van der Waals surface area contributed by atoms with Crippen LogP contribution in [0.4, 0.5) is 4.39 Å². The lowest BCUT2D eigenvalue weighted by molar-refractivity contribution is 0.101. The number of nitrogens with zero attached hydrogens (tertiary/aromatic N) is 1. The highest BCUT2D eigenvalue weighted by Gasteiger charge is 2.33. The van der Waals surface area contributed by atoms with Gasteiger partial charge in [0.25, 0.3) is 0 Å². The summed E-state index contributed by atoms with van der Waals surface area (Å²) in [5, 5.41) is 10.4. The van der Waals surface area contributed by atoms with Gasteiger partial charge in [-0.05, 0) is 50.9 Å². The number of fused-ring (bicyclic) bond motifs is 1. The van der Waals surface area contributed by atoms with Gasteiger partial charge in [-0.2, -0.15) is 0 Å². The number of allylic oxidation sites excluding steroid dienone is 1. The minimum Gasteiger partial charge on any atom is -0.507 e. The van der Waals surface area contributed by atoms with E-state index in [0.29, 0.717) is 29.0 Å². The van der Waals surface area contributed by atoms with E-state index >= 15 is 0 Å². The first kappa shape index (κ1) is 17.5. The largest absolute Gasteiger partial charge is 0.507 e. The minimum atomic E-state index is -0.541. The topological polar surface area (TPSA) is 49.8 Å². The first-order valence-corrected chi connectivity index (χ1v) is 8.05. The number of Topliss-reactive ketones (excluding diaryl/α,β-unsaturated/α-hetero) is 1. The fourth-order valence-corrected chi connectivity index (χ4v) is 3.05. The van der Waals surface area contributed by atoms with Crippen LogP contribution in [0.2, 0.25) is 5.02 Å². The van der Waals surface area contributed by atoms with Crippen LogP contribution >= 0.6 is 11.6 Å². The van der Waals surface area contributed by atoms with Crippen molar-refractivity contribution < 1.29 is 19.0 Å². The van der Waals surface area contributed by atoms with Gasteiger partial charge in [0, 0.05) is 12.1 Å². The maximum atomic E-state index is 14.0. The lowest BCUT2D eigenvalue weighted by atomic mass is 9.99. The number of ketones is 1. The van der Waals surface area contributed by atoms with E-state index < -0.39 is 5.82 Å². The molecule has 25 heavy (non-hydrogen) atoms. The van der Waals surface area contributed by atoms with Crippen LogP contribution in [-0.4, -0.2) is 29.9 Å². The lowest BCUT2D eigenvalue weighted by Crippen LogP contribution is -2.12. The van der Waals surface area contributed by atoms with Gasteiger partial charge >= 0.3 is 0 Å². The van der Waals surface area contributed by atoms with E-state index in [-0.39, 0.29) is 27.9 Å². The zero-order valence-corrected chi connectivity index (χ0v) is 14.8. The van der Waals surface area contributed by atoms with E-state index in [1.54, 1.807) is 6.92 Å². The van der Waals surface area contributed by atoms with Crippen molar-refractivity contribution in [2.75, 3.05) is 14.1 Å². The van der Waals surface area contributed by atoms with Gasteiger partial charge in [-0.3, -0.25) is 4.79 Å². The molecule has 0 saturated carbocycles. The van der Waals surface area contributed by atoms with Gasteiger partial charge in [-0.15, -0.1) is 0 Å². The molecule has 0 fully saturated rings. The average Bonchev–Trinajstić information content (AvgIpc) is 2.84. The number of phenolic OH excluding ortho intramolecular Hbond substituents is 1. The van der Waals surface area contributed by atoms with Crippen molar-refractivity contribution in [3.05, 3.63) is 63.1 Å². The SMILES string of the molecule is Cc1cc(O)c(CN(C)C)c2c1C(=O)/C(=C/c1c(F)cccc1Cl)O2. The Morgan fingerprint density at radius 2 is 2.08 bits per heavy atom. The highest BCUT2D eigenvalue weighted by atomic mass is 35.5. The summed E-state index contributed by atoms with van der Waals surface area (Å²) < 4.78 is 19.7. The molecule has 4 nitrogen and oxygen atoms in total. The first-order chi connectivity index (χ1) is 11.8. The van der Waals surface area contributed by atoms with Crippen molar-refractivity contribution in [2.45, 2.75) is 13.5 Å². The molecule has 0 radical (unpaired) electrons. The number of carbonyl (C=O) groups excluding carboxylic acids is 1. The van der Waals surface area contributed by atoms with E-state index in [2.05, 4.69) is 0 Å². The maximum Gasteiger partial charge on any atom is 0.232 e. The van der Waals surface area contributed by atoms with Gasteiger partial charge < -0.3 is 14.7 Å². The summed E-state index contributed by atoms with van der Waals surface area (Å²) >= 11 is 6.03. The molecule has 2 aromatic rings. The van der Waals surface area contributed by atoms with Gasteiger partial charge in [0.2, 0.25) is 5.78 Å². The van der Waals surface area contributed by atoms with Crippen LogP contribution in [0.3, 0.4) is 0 Å². The van der Waals surface area contributed by atoms with Crippen LogP contribution in [0.25, 0.3) is 6.08 Å². The van der Waals surface area contributed by atoms with Gasteiger partial charge in [0.15, 0.2) is 5.76 Å². The molecule has 6 heteroatoms. The molecule has 0 spiro atoms. The van der Waals surface area contributed by atoms with Crippen LogP contribution in [0.1, 0.15) is 27.0 Å². The Morgan fingerprint density at radius 3 is 2.72 bits per heavy atom. The van der Waals surface area contributed by atoms with Crippen LogP contribution in [0, 0.1) is 12.7 Å². The number of hydrogen-bond acceptors (Lipinski definition) is 4. The number of benzene rings is 2. The third-order valence-electron chi connectivity index (χ3n) is 3.97. The predicted octanol–water partition coefficient (Wildman–Crippen LogP) is 4.17. The molecule has 0 aromatic heterocycles. The number of carbonyl (C=O) groups is 1. The summed E-state index contributed by atoms with van der Waals surface area (Å²) in [6.07, 6.45) is 1.30. The first-order valence-electron chi connectivity index (χ1n) is 7.68. The number of hydrogen-bond donors (Lipinski definition) is 1. The van der Waals surface area contributed by atoms with Crippen molar-refractivity contribution in [2.24, 2.45) is 0 Å². The molecule has 0 aliphatic carbocycles. The number of ether oxygens (including phenoxy) is 1. The second kappa shape index (κ2) is 6.50. The minimum absolute atomic E-state index is 0.0179. The fourth-order valence-electron chi connectivity index (χ4n) is 2.83. The molecular formula is C19H17ClFNO3. The zero-order valence-electron chi connectivity index (χ0n) is 14.1. The van der Waals surface area contributed by atoms with Crippen molar-refractivity contribution >= 4 is 23.5 Å². The average molecular weight is 362 g/mol. The number of halogens is 2. The van der Waals surface area contributed by atoms with Crippen molar-refractivity contribution in [1.29, 1.82) is 0 Å². The molecule has 0 unspecified atom stereocenters. The predicted molar refractivity (Wildman–Crippen MR) is 94.6 cm³/mol. The molecule has 3 rings (SSSR count). The van der Waals surface area contributed by atoms with Gasteiger partial charge in [-0.1, -0.05) is 17.7 Å². The highest BCUT2D eigenvalue weighted by molar-refractivity contribution is 6.32. The molecule has 2 aromatic carbocycles. The van der Waals surface area contributed by atoms with Crippen LogP contribution in [0.15, 0.2) is 30.0 Å². The molecule has 0 atom stereocenters. The van der Waals surface area contributed by atoms with E-state index in [9.17, 15) is 14.3 Å². The third-order valence-corrected chi connectivity index (χ3v) is 4.30. The summed E-state index contributed by atoms with van der Waals surface area (Å²) in [5.74, 6) is -0.541. The Bertz CT molecular complexity index is 886. The second-order valence-corrected chi connectivity index (χ2v) is 6.62. The number of phenols is 1. The monoisotopic (exact) mass is 361 g/mol. The molecule has 0 bridgehead atoms. The summed E-state index contributed by atoms with van der Waals surface area (Å²) in [6, 6.07) is 5.83. The van der Waals surface area contributed by atoms with Crippen molar-refractivity contribution in [1.82, 2.24) is 4.90 Å². The zero-order chi connectivity index (χ0) is 18.3. The summed E-state index contributed by atoms with van der Waals surface area (Å²) in [5.41, 5.74) is 1.59. The third kappa shape index (κ3) is 3.13. The van der Waals surface area contributed by atoms with Gasteiger partial charge in [0.05, 0.1) is 16.1 Å². The maximum absolute atomic E-state index is 14.0.